The number of carbonyl (C=O) groups is 1. The molecule has 1 amide bonds. The van der Waals surface area contributed by atoms with Crippen molar-refractivity contribution in [3.8, 4) is 0 Å². The number of amides is 1. The van der Waals surface area contributed by atoms with Crippen molar-refractivity contribution in [3.05, 3.63) is 0 Å². The summed E-state index contributed by atoms with van der Waals surface area (Å²) in [6.45, 7) is 12.1. The molecule has 1 saturated heterocycles. The molecule has 25 heavy (non-hydrogen) atoms. The van der Waals surface area contributed by atoms with Gasteiger partial charge in [-0.2, -0.15) is 0 Å². The van der Waals surface area contributed by atoms with E-state index in [-0.39, 0.29) is 35.8 Å². The molecule has 1 unspecified atom stereocenters. The summed E-state index contributed by atoms with van der Waals surface area (Å²) in [6, 6.07) is 0. The van der Waals surface area contributed by atoms with E-state index < -0.39 is 0 Å². The normalized spacial score (nSPS) is 18.7. The van der Waals surface area contributed by atoms with Gasteiger partial charge in [-0.05, 0) is 58.0 Å². The highest BCUT2D eigenvalue weighted by molar-refractivity contribution is 14.0. The summed E-state index contributed by atoms with van der Waals surface area (Å²) in [6.07, 6.45) is 5.42. The maximum absolute atomic E-state index is 11.3. The molecule has 1 atom stereocenters. The molecule has 148 valence electrons. The van der Waals surface area contributed by atoms with E-state index in [1.54, 1.807) is 0 Å². The van der Waals surface area contributed by atoms with Crippen LogP contribution in [-0.4, -0.2) is 56.0 Å². The molecular formula is C18H38IN5O. The molecule has 0 aromatic rings. The minimum absolute atomic E-state index is 0. The molecule has 0 bridgehead atoms. The van der Waals surface area contributed by atoms with E-state index in [9.17, 15) is 4.79 Å². The number of piperidine rings is 1. The van der Waals surface area contributed by atoms with Crippen LogP contribution in [0.5, 0.6) is 0 Å². The zero-order valence-corrected chi connectivity index (χ0v) is 18.6. The molecule has 4 N–H and O–H groups in total. The number of carbonyl (C=O) groups excluding carboxylic acids is 1. The van der Waals surface area contributed by atoms with Gasteiger partial charge in [0.25, 0.3) is 0 Å². The highest BCUT2D eigenvalue weighted by atomic mass is 127. The maximum Gasteiger partial charge on any atom is 0.221 e. The van der Waals surface area contributed by atoms with Crippen molar-refractivity contribution in [1.82, 2.24) is 15.5 Å². The van der Waals surface area contributed by atoms with Crippen LogP contribution in [0.4, 0.5) is 0 Å². The Bertz CT molecular complexity index is 390. The Morgan fingerprint density at radius 1 is 1.32 bits per heavy atom. The number of hydrogen-bond acceptors (Lipinski definition) is 3. The second kappa shape index (κ2) is 14.6. The van der Waals surface area contributed by atoms with Crippen molar-refractivity contribution < 1.29 is 4.79 Å². The van der Waals surface area contributed by atoms with Crippen LogP contribution in [0.25, 0.3) is 0 Å². The topological polar surface area (TPSA) is 82.8 Å². The van der Waals surface area contributed by atoms with E-state index in [1.807, 2.05) is 0 Å². The van der Waals surface area contributed by atoms with Crippen molar-refractivity contribution >= 4 is 35.8 Å². The largest absolute Gasteiger partial charge is 0.369 e. The molecule has 0 saturated carbocycles. The summed E-state index contributed by atoms with van der Waals surface area (Å²) in [5.74, 6) is 1.54. The van der Waals surface area contributed by atoms with Gasteiger partial charge in [0, 0.05) is 26.2 Å². The van der Waals surface area contributed by atoms with Gasteiger partial charge in [-0.25, -0.2) is 0 Å². The summed E-state index contributed by atoms with van der Waals surface area (Å²) in [7, 11) is 0. The second-order valence-corrected chi connectivity index (χ2v) is 7.12. The van der Waals surface area contributed by atoms with Crippen molar-refractivity contribution in [2.24, 2.45) is 22.6 Å². The number of nitrogens with one attached hydrogen (secondary N) is 2. The summed E-state index contributed by atoms with van der Waals surface area (Å²) >= 11 is 0. The lowest BCUT2D eigenvalue weighted by Gasteiger charge is -2.30. The Hall–Kier alpha value is -0.570. The quantitative estimate of drug-likeness (QED) is 0.199. The first kappa shape index (κ1) is 24.4. The van der Waals surface area contributed by atoms with Crippen LogP contribution in [0.3, 0.4) is 0 Å². The molecule has 1 aliphatic heterocycles. The lowest BCUT2D eigenvalue weighted by atomic mass is 9.97. The first-order chi connectivity index (χ1) is 11.5. The van der Waals surface area contributed by atoms with E-state index in [0.717, 1.165) is 70.4 Å². The van der Waals surface area contributed by atoms with Crippen molar-refractivity contribution in [2.75, 3.05) is 39.3 Å². The number of rotatable bonds is 10. The number of hydrogen-bond donors (Lipinski definition) is 3. The van der Waals surface area contributed by atoms with E-state index >= 15 is 0 Å². The molecular weight excluding hydrogens is 429 g/mol. The van der Waals surface area contributed by atoms with Gasteiger partial charge in [0.1, 0.15) is 0 Å². The molecule has 0 spiro atoms. The average molecular weight is 467 g/mol. The monoisotopic (exact) mass is 467 g/mol. The van der Waals surface area contributed by atoms with Gasteiger partial charge in [-0.3, -0.25) is 9.79 Å². The molecule has 1 heterocycles. The molecule has 6 nitrogen and oxygen atoms in total. The number of aliphatic imine (C=N–C) groups is 1. The first-order valence-electron chi connectivity index (χ1n) is 9.56. The number of nitrogens with two attached hydrogens (primary N) is 1. The smallest absolute Gasteiger partial charge is 0.221 e. The number of nitrogens with zero attached hydrogens (tertiary/aromatic N) is 2. The van der Waals surface area contributed by atoms with Gasteiger partial charge in [0.2, 0.25) is 5.91 Å². The number of primary amides is 1. The van der Waals surface area contributed by atoms with E-state index in [4.69, 9.17) is 5.73 Å². The van der Waals surface area contributed by atoms with Crippen LogP contribution in [-0.2, 0) is 4.79 Å². The molecule has 1 fully saturated rings. The van der Waals surface area contributed by atoms with Gasteiger partial charge in [0.05, 0.1) is 5.92 Å². The fourth-order valence-electron chi connectivity index (χ4n) is 3.03. The third kappa shape index (κ3) is 11.6. The van der Waals surface area contributed by atoms with Gasteiger partial charge in [0.15, 0.2) is 5.96 Å². The average Bonchev–Trinajstić information content (AvgIpc) is 2.55. The molecule has 7 heteroatoms. The maximum atomic E-state index is 11.3. The lowest BCUT2D eigenvalue weighted by Crippen LogP contribution is -2.41. The van der Waals surface area contributed by atoms with Crippen molar-refractivity contribution in [2.45, 2.75) is 52.9 Å². The Morgan fingerprint density at radius 3 is 2.72 bits per heavy atom. The second-order valence-electron chi connectivity index (χ2n) is 7.12. The number of halogens is 1. The van der Waals surface area contributed by atoms with Crippen LogP contribution < -0.4 is 16.4 Å². The van der Waals surface area contributed by atoms with Crippen LogP contribution >= 0.6 is 24.0 Å². The summed E-state index contributed by atoms with van der Waals surface area (Å²) in [4.78, 5) is 18.3. The highest BCUT2D eigenvalue weighted by Gasteiger charge is 2.23. The van der Waals surface area contributed by atoms with Crippen molar-refractivity contribution in [3.63, 3.8) is 0 Å². The predicted octanol–water partition coefficient (Wildman–Crippen LogP) is 2.18. The van der Waals surface area contributed by atoms with Gasteiger partial charge in [-0.1, -0.05) is 13.8 Å². The molecule has 0 radical (unpaired) electrons. The number of likely N-dealkylation sites (tertiary alicyclic amines) is 1. The Balaban J connectivity index is 0.00000576. The lowest BCUT2D eigenvalue weighted by molar-refractivity contribution is -0.123. The predicted molar refractivity (Wildman–Crippen MR) is 116 cm³/mol. The summed E-state index contributed by atoms with van der Waals surface area (Å²) < 4.78 is 0. The van der Waals surface area contributed by atoms with Gasteiger partial charge in [-0.15, -0.1) is 24.0 Å². The zero-order valence-electron chi connectivity index (χ0n) is 16.2. The molecule has 1 rings (SSSR count). The fourth-order valence-corrected chi connectivity index (χ4v) is 3.03. The van der Waals surface area contributed by atoms with E-state index in [2.05, 4.69) is 41.3 Å². The van der Waals surface area contributed by atoms with Crippen molar-refractivity contribution in [1.29, 1.82) is 0 Å². The van der Waals surface area contributed by atoms with E-state index in [0.29, 0.717) is 0 Å². The van der Waals surface area contributed by atoms with Crippen LogP contribution in [0, 0.1) is 11.8 Å². The van der Waals surface area contributed by atoms with E-state index in [1.165, 1.54) is 12.8 Å². The Kier molecular flexibility index (Phi) is 14.3. The summed E-state index contributed by atoms with van der Waals surface area (Å²) in [5.41, 5.74) is 5.43. The van der Waals surface area contributed by atoms with Gasteiger partial charge >= 0.3 is 0 Å². The fraction of sp³-hybridized carbons (Fsp3) is 0.889. The van der Waals surface area contributed by atoms with Crippen LogP contribution in [0.1, 0.15) is 52.9 Å². The Labute approximate surface area is 170 Å². The third-order valence-corrected chi connectivity index (χ3v) is 4.41. The standard InChI is InChI=1S/C18H37N5O.HI/c1-4-20-18(21-10-5-8-15(2)3)22-11-7-13-23-12-6-9-16(14-23)17(19)24;/h15-16H,4-14H2,1-3H3,(H2,19,24)(H2,20,21,22);1H. The molecule has 0 aromatic carbocycles. The summed E-state index contributed by atoms with van der Waals surface area (Å²) in [5, 5.41) is 6.70. The first-order valence-corrected chi connectivity index (χ1v) is 9.56. The van der Waals surface area contributed by atoms with Gasteiger partial charge < -0.3 is 21.3 Å². The van der Waals surface area contributed by atoms with Crippen LogP contribution in [0.2, 0.25) is 0 Å². The minimum Gasteiger partial charge on any atom is -0.369 e. The zero-order chi connectivity index (χ0) is 17.8. The molecule has 0 aromatic heterocycles. The number of guanidine groups is 1. The SMILES string of the molecule is CCNC(=NCCCN1CCCC(C(N)=O)C1)NCCCC(C)C.I. The highest BCUT2D eigenvalue weighted by Crippen LogP contribution is 2.15. The third-order valence-electron chi connectivity index (χ3n) is 4.41. The minimum atomic E-state index is -0.155. The van der Waals surface area contributed by atoms with Crippen LogP contribution in [0.15, 0.2) is 4.99 Å². The molecule has 0 aliphatic carbocycles. The molecule has 1 aliphatic rings. The Morgan fingerprint density at radius 2 is 2.08 bits per heavy atom.